The molecule has 1 aliphatic heterocycles. The normalized spacial score (nSPS) is 16.5. The smallest absolute Gasteiger partial charge is 0.408 e. The number of fused-ring (bicyclic) bond motifs is 1. The topological polar surface area (TPSA) is 95.9 Å². The van der Waals surface area contributed by atoms with Crippen LogP contribution in [0, 0.1) is 0 Å². The summed E-state index contributed by atoms with van der Waals surface area (Å²) in [5, 5.41) is 12.2. The highest BCUT2D eigenvalue weighted by atomic mass is 35.5. The number of ether oxygens (including phenoxy) is 1. The molecule has 0 unspecified atom stereocenters. The van der Waals surface area contributed by atoms with Crippen molar-refractivity contribution in [3.63, 3.8) is 0 Å². The summed E-state index contributed by atoms with van der Waals surface area (Å²) < 4.78 is 5.06. The van der Waals surface area contributed by atoms with Gasteiger partial charge in [-0.05, 0) is 44.5 Å². The summed E-state index contributed by atoms with van der Waals surface area (Å²) in [6, 6.07) is 3.81. The first-order valence-corrected chi connectivity index (χ1v) is 7.76. The molecule has 130 valence electrons. The van der Waals surface area contributed by atoms with Gasteiger partial charge in [0.2, 0.25) is 5.91 Å². The van der Waals surface area contributed by atoms with Gasteiger partial charge >= 0.3 is 12.1 Å². The zero-order chi connectivity index (χ0) is 18.1. The van der Waals surface area contributed by atoms with Crippen LogP contribution in [-0.4, -0.2) is 41.3 Å². The van der Waals surface area contributed by atoms with Crippen molar-refractivity contribution in [2.75, 3.05) is 11.4 Å². The number of alkyl carbamates (subject to hydrolysis) is 1. The van der Waals surface area contributed by atoms with E-state index in [4.69, 9.17) is 16.3 Å². The molecule has 0 aliphatic carbocycles. The van der Waals surface area contributed by atoms with Crippen LogP contribution in [0.1, 0.15) is 26.3 Å². The molecule has 8 heteroatoms. The van der Waals surface area contributed by atoms with Gasteiger partial charge in [-0.1, -0.05) is 11.6 Å². The van der Waals surface area contributed by atoms with Gasteiger partial charge < -0.3 is 15.2 Å². The number of carboxylic acids is 1. The highest BCUT2D eigenvalue weighted by molar-refractivity contribution is 6.30. The van der Waals surface area contributed by atoms with Gasteiger partial charge in [-0.15, -0.1) is 0 Å². The van der Waals surface area contributed by atoms with Gasteiger partial charge in [0.1, 0.15) is 18.2 Å². The number of amides is 2. The van der Waals surface area contributed by atoms with Gasteiger partial charge in [-0.25, -0.2) is 9.59 Å². The van der Waals surface area contributed by atoms with Crippen LogP contribution in [0.2, 0.25) is 5.02 Å². The molecule has 0 radical (unpaired) electrons. The lowest BCUT2D eigenvalue weighted by Gasteiger charge is -2.24. The third kappa shape index (κ3) is 4.17. The number of anilines is 1. The molecule has 0 aromatic heterocycles. The first-order valence-electron chi connectivity index (χ1n) is 7.38. The Balaban J connectivity index is 2.12. The maximum atomic E-state index is 12.4. The van der Waals surface area contributed by atoms with E-state index < -0.39 is 29.6 Å². The van der Waals surface area contributed by atoms with Crippen LogP contribution in [0.3, 0.4) is 0 Å². The van der Waals surface area contributed by atoms with Crippen molar-refractivity contribution in [2.45, 2.75) is 38.8 Å². The third-order valence-electron chi connectivity index (χ3n) is 3.36. The Hall–Kier alpha value is -2.28. The number of carbonyl (C=O) groups excluding carboxylic acids is 2. The molecule has 7 nitrogen and oxygen atoms in total. The van der Waals surface area contributed by atoms with Crippen LogP contribution in [-0.2, 0) is 20.7 Å². The first-order chi connectivity index (χ1) is 11.1. The molecular formula is C16H19ClN2O5. The summed E-state index contributed by atoms with van der Waals surface area (Å²) in [5.74, 6) is -1.65. The fourth-order valence-corrected chi connectivity index (χ4v) is 2.67. The number of carbonyl (C=O) groups is 3. The number of halogens is 1. The van der Waals surface area contributed by atoms with Gasteiger partial charge in [-0.2, -0.15) is 0 Å². The van der Waals surface area contributed by atoms with Crippen LogP contribution < -0.4 is 10.2 Å². The fraction of sp³-hybridized carbons (Fsp3) is 0.438. The van der Waals surface area contributed by atoms with Crippen molar-refractivity contribution in [1.29, 1.82) is 0 Å². The molecule has 1 aliphatic rings. The number of nitrogens with zero attached hydrogens (tertiary/aromatic N) is 1. The number of nitrogens with one attached hydrogen (secondary N) is 1. The average molecular weight is 355 g/mol. The Morgan fingerprint density at radius 1 is 1.38 bits per heavy atom. The Kier molecular flexibility index (Phi) is 5.03. The second kappa shape index (κ2) is 6.68. The summed E-state index contributed by atoms with van der Waals surface area (Å²) in [6.07, 6.45) is -0.568. The predicted octanol–water partition coefficient (Wildman–Crippen LogP) is 2.21. The van der Waals surface area contributed by atoms with E-state index in [9.17, 15) is 19.5 Å². The van der Waals surface area contributed by atoms with Crippen molar-refractivity contribution in [1.82, 2.24) is 5.32 Å². The molecule has 2 N–H and O–H groups in total. The largest absolute Gasteiger partial charge is 0.480 e. The van der Waals surface area contributed by atoms with Gasteiger partial charge in [0, 0.05) is 17.1 Å². The van der Waals surface area contributed by atoms with E-state index >= 15 is 0 Å². The van der Waals surface area contributed by atoms with Crippen LogP contribution in [0.25, 0.3) is 0 Å². The monoisotopic (exact) mass is 354 g/mol. The zero-order valence-corrected chi connectivity index (χ0v) is 14.4. The summed E-state index contributed by atoms with van der Waals surface area (Å²) in [7, 11) is 0. The van der Waals surface area contributed by atoms with Gasteiger partial charge in [-0.3, -0.25) is 9.69 Å². The highest BCUT2D eigenvalue weighted by Gasteiger charge is 2.38. The maximum absolute atomic E-state index is 12.4. The third-order valence-corrected chi connectivity index (χ3v) is 3.60. The Morgan fingerprint density at radius 2 is 2.04 bits per heavy atom. The zero-order valence-electron chi connectivity index (χ0n) is 13.6. The molecule has 0 saturated carbocycles. The lowest BCUT2D eigenvalue weighted by Crippen LogP contribution is -2.47. The second-order valence-electron chi connectivity index (χ2n) is 6.45. The van der Waals surface area contributed by atoms with Crippen LogP contribution in [0.5, 0.6) is 0 Å². The SMILES string of the molecule is CC(C)(C)OC(=O)NCC(=O)N1c2ccc(Cl)cc2C[C@@H]1C(=O)O. The quantitative estimate of drug-likeness (QED) is 0.867. The first kappa shape index (κ1) is 18.1. The van der Waals surface area contributed by atoms with Gasteiger partial charge in [0.25, 0.3) is 0 Å². The second-order valence-corrected chi connectivity index (χ2v) is 6.89. The minimum absolute atomic E-state index is 0.170. The fourth-order valence-electron chi connectivity index (χ4n) is 2.47. The molecule has 1 aromatic carbocycles. The Labute approximate surface area is 144 Å². The number of rotatable bonds is 3. The molecule has 0 saturated heterocycles. The lowest BCUT2D eigenvalue weighted by molar-refractivity contribution is -0.139. The summed E-state index contributed by atoms with van der Waals surface area (Å²) in [4.78, 5) is 36.7. The molecule has 2 rings (SSSR count). The van der Waals surface area contributed by atoms with Crippen LogP contribution >= 0.6 is 11.6 Å². The lowest BCUT2D eigenvalue weighted by atomic mass is 10.1. The molecule has 1 atom stereocenters. The number of hydrogen-bond acceptors (Lipinski definition) is 4. The van der Waals surface area contributed by atoms with Crippen molar-refractivity contribution >= 4 is 35.3 Å². The average Bonchev–Trinajstić information content (AvgIpc) is 2.81. The van der Waals surface area contributed by atoms with Crippen molar-refractivity contribution in [3.8, 4) is 0 Å². The summed E-state index contributed by atoms with van der Waals surface area (Å²) in [5.41, 5.74) is 0.483. The van der Waals surface area contributed by atoms with Crippen molar-refractivity contribution in [2.24, 2.45) is 0 Å². The Morgan fingerprint density at radius 3 is 2.62 bits per heavy atom. The minimum atomic E-state index is -1.12. The standard InChI is InChI=1S/C16H19ClN2O5/c1-16(2,3)24-15(23)18-8-13(20)19-11-5-4-10(17)6-9(11)7-12(19)14(21)22/h4-6,12H,7-8H2,1-3H3,(H,18,23)(H,21,22)/t12-/m1/s1. The molecule has 1 aromatic rings. The van der Waals surface area contributed by atoms with E-state index in [-0.39, 0.29) is 13.0 Å². The molecule has 1 heterocycles. The molecule has 0 spiro atoms. The van der Waals surface area contributed by atoms with Gasteiger partial charge in [0.15, 0.2) is 0 Å². The van der Waals surface area contributed by atoms with E-state index in [1.54, 1.807) is 39.0 Å². The number of aliphatic carboxylic acids is 1. The van der Waals surface area contributed by atoms with E-state index in [1.807, 2.05) is 0 Å². The Bertz CT molecular complexity index is 684. The van der Waals surface area contributed by atoms with Crippen molar-refractivity contribution < 1.29 is 24.2 Å². The molecule has 24 heavy (non-hydrogen) atoms. The predicted molar refractivity (Wildman–Crippen MR) is 88.3 cm³/mol. The van der Waals surface area contributed by atoms with E-state index in [0.29, 0.717) is 16.3 Å². The molecule has 0 fully saturated rings. The number of hydrogen-bond donors (Lipinski definition) is 2. The minimum Gasteiger partial charge on any atom is -0.480 e. The molecular weight excluding hydrogens is 336 g/mol. The summed E-state index contributed by atoms with van der Waals surface area (Å²) >= 11 is 5.92. The molecule has 0 bridgehead atoms. The number of benzene rings is 1. The van der Waals surface area contributed by atoms with E-state index in [2.05, 4.69) is 5.32 Å². The van der Waals surface area contributed by atoms with Crippen LogP contribution in [0.15, 0.2) is 18.2 Å². The highest BCUT2D eigenvalue weighted by Crippen LogP contribution is 2.34. The van der Waals surface area contributed by atoms with Crippen LogP contribution in [0.4, 0.5) is 10.5 Å². The number of carboxylic acid groups (broad SMARTS) is 1. The van der Waals surface area contributed by atoms with Gasteiger partial charge in [0.05, 0.1) is 0 Å². The summed E-state index contributed by atoms with van der Waals surface area (Å²) in [6.45, 7) is 4.75. The van der Waals surface area contributed by atoms with E-state index in [1.165, 1.54) is 4.90 Å². The van der Waals surface area contributed by atoms with E-state index in [0.717, 1.165) is 0 Å². The maximum Gasteiger partial charge on any atom is 0.408 e. The molecule has 2 amide bonds. The van der Waals surface area contributed by atoms with Crippen molar-refractivity contribution in [3.05, 3.63) is 28.8 Å².